The molecular weight excluding hydrogens is 138 g/mol. The van der Waals surface area contributed by atoms with Crippen LogP contribution in [0, 0.1) is 0 Å². The molecule has 1 aromatic rings. The highest BCUT2D eigenvalue weighted by Crippen LogP contribution is 2.25. The van der Waals surface area contributed by atoms with E-state index >= 15 is 0 Å². The molecule has 11 heavy (non-hydrogen) atoms. The first-order chi connectivity index (χ1) is 5.47. The van der Waals surface area contributed by atoms with Gasteiger partial charge in [-0.15, -0.1) is 0 Å². The third-order valence-electron chi connectivity index (χ3n) is 2.09. The topological polar surface area (TPSA) is 26.0 Å². The SMILES string of the molecule is C1=C(c2cnoc2)CCCC1. The fourth-order valence-corrected chi connectivity index (χ4v) is 1.46. The Kier molecular flexibility index (Phi) is 1.76. The van der Waals surface area contributed by atoms with Gasteiger partial charge in [0.05, 0.1) is 6.20 Å². The van der Waals surface area contributed by atoms with Crippen LogP contribution in [0.25, 0.3) is 5.57 Å². The molecule has 2 rings (SSSR count). The molecule has 0 fully saturated rings. The van der Waals surface area contributed by atoms with Gasteiger partial charge in [-0.3, -0.25) is 0 Å². The molecule has 58 valence electrons. The Bertz CT molecular complexity index is 249. The molecule has 0 radical (unpaired) electrons. The van der Waals surface area contributed by atoms with Gasteiger partial charge in [-0.2, -0.15) is 0 Å². The number of allylic oxidation sites excluding steroid dienone is 2. The van der Waals surface area contributed by atoms with Gasteiger partial charge in [0.2, 0.25) is 0 Å². The van der Waals surface area contributed by atoms with Crippen molar-refractivity contribution in [1.82, 2.24) is 5.16 Å². The second kappa shape index (κ2) is 2.91. The molecular formula is C9H11NO. The van der Waals surface area contributed by atoms with Crippen LogP contribution >= 0.6 is 0 Å². The molecule has 0 bridgehead atoms. The first-order valence-electron chi connectivity index (χ1n) is 4.05. The van der Waals surface area contributed by atoms with Gasteiger partial charge in [0.15, 0.2) is 0 Å². The summed E-state index contributed by atoms with van der Waals surface area (Å²) >= 11 is 0. The lowest BCUT2D eigenvalue weighted by atomic mass is 9.96. The van der Waals surface area contributed by atoms with Gasteiger partial charge in [0.25, 0.3) is 0 Å². The Hall–Kier alpha value is -1.05. The van der Waals surface area contributed by atoms with Gasteiger partial charge in [0, 0.05) is 5.56 Å². The van der Waals surface area contributed by atoms with Crippen LogP contribution in [0.3, 0.4) is 0 Å². The fourth-order valence-electron chi connectivity index (χ4n) is 1.46. The molecule has 0 amide bonds. The average molecular weight is 149 g/mol. The van der Waals surface area contributed by atoms with Crippen molar-refractivity contribution < 1.29 is 4.52 Å². The number of hydrogen-bond donors (Lipinski definition) is 0. The minimum absolute atomic E-state index is 1.16. The van der Waals surface area contributed by atoms with Crippen molar-refractivity contribution in [1.29, 1.82) is 0 Å². The summed E-state index contributed by atoms with van der Waals surface area (Å²) in [5.41, 5.74) is 2.56. The molecule has 0 aromatic carbocycles. The van der Waals surface area contributed by atoms with Crippen molar-refractivity contribution in [3.8, 4) is 0 Å². The van der Waals surface area contributed by atoms with E-state index in [0.717, 1.165) is 5.56 Å². The Balaban J connectivity index is 2.22. The highest BCUT2D eigenvalue weighted by Gasteiger charge is 2.06. The Labute approximate surface area is 65.9 Å². The molecule has 2 heteroatoms. The molecule has 0 spiro atoms. The Morgan fingerprint density at radius 1 is 1.36 bits per heavy atom. The molecule has 0 saturated heterocycles. The standard InChI is InChI=1S/C9H11NO/c1-2-4-8(5-3-1)9-6-10-11-7-9/h4,6-7H,1-3,5H2. The van der Waals surface area contributed by atoms with Gasteiger partial charge >= 0.3 is 0 Å². The summed E-state index contributed by atoms with van der Waals surface area (Å²) in [5.74, 6) is 0. The molecule has 0 atom stereocenters. The molecule has 1 aliphatic rings. The van der Waals surface area contributed by atoms with E-state index in [1.165, 1.54) is 31.3 Å². The third kappa shape index (κ3) is 1.34. The Morgan fingerprint density at radius 2 is 2.36 bits per heavy atom. The van der Waals surface area contributed by atoms with Gasteiger partial charge in [-0.25, -0.2) is 0 Å². The molecule has 0 N–H and O–H groups in total. The van der Waals surface area contributed by atoms with Crippen LogP contribution < -0.4 is 0 Å². The van der Waals surface area contributed by atoms with E-state index in [0.29, 0.717) is 0 Å². The summed E-state index contributed by atoms with van der Waals surface area (Å²) in [6.45, 7) is 0. The van der Waals surface area contributed by atoms with Crippen LogP contribution in [0.1, 0.15) is 31.2 Å². The molecule has 1 heterocycles. The van der Waals surface area contributed by atoms with Gasteiger partial charge in [0.1, 0.15) is 6.26 Å². The van der Waals surface area contributed by atoms with E-state index in [-0.39, 0.29) is 0 Å². The highest BCUT2D eigenvalue weighted by atomic mass is 16.5. The van der Waals surface area contributed by atoms with Crippen LogP contribution in [0.4, 0.5) is 0 Å². The summed E-state index contributed by atoms with van der Waals surface area (Å²) in [6, 6.07) is 0. The van der Waals surface area contributed by atoms with Gasteiger partial charge < -0.3 is 4.52 Å². The maximum Gasteiger partial charge on any atom is 0.131 e. The first kappa shape index (κ1) is 6.65. The largest absolute Gasteiger partial charge is 0.364 e. The summed E-state index contributed by atoms with van der Waals surface area (Å²) in [5, 5.41) is 3.68. The molecule has 0 saturated carbocycles. The van der Waals surface area contributed by atoms with Crippen LogP contribution in [0.2, 0.25) is 0 Å². The number of rotatable bonds is 1. The van der Waals surface area contributed by atoms with Gasteiger partial charge in [-0.05, 0) is 31.3 Å². The Morgan fingerprint density at radius 3 is 3.00 bits per heavy atom. The smallest absolute Gasteiger partial charge is 0.131 e. The van der Waals surface area contributed by atoms with E-state index in [1.807, 2.05) is 0 Å². The summed E-state index contributed by atoms with van der Waals surface area (Å²) in [4.78, 5) is 0. The van der Waals surface area contributed by atoms with E-state index in [9.17, 15) is 0 Å². The number of hydrogen-bond acceptors (Lipinski definition) is 2. The van der Waals surface area contributed by atoms with Crippen molar-refractivity contribution in [2.24, 2.45) is 0 Å². The molecule has 1 aliphatic carbocycles. The second-order valence-corrected chi connectivity index (χ2v) is 2.89. The maximum atomic E-state index is 4.78. The quantitative estimate of drug-likeness (QED) is 0.613. The van der Waals surface area contributed by atoms with Crippen molar-refractivity contribution in [2.45, 2.75) is 25.7 Å². The maximum absolute atomic E-state index is 4.78. The minimum atomic E-state index is 1.16. The molecule has 0 aliphatic heterocycles. The predicted octanol–water partition coefficient (Wildman–Crippen LogP) is 2.63. The zero-order valence-electron chi connectivity index (χ0n) is 6.42. The second-order valence-electron chi connectivity index (χ2n) is 2.89. The molecule has 1 aromatic heterocycles. The van der Waals surface area contributed by atoms with Gasteiger partial charge in [-0.1, -0.05) is 11.2 Å². The van der Waals surface area contributed by atoms with Crippen molar-refractivity contribution >= 4 is 5.57 Å². The summed E-state index contributed by atoms with van der Waals surface area (Å²) in [7, 11) is 0. The average Bonchev–Trinajstić information content (AvgIpc) is 2.58. The highest BCUT2D eigenvalue weighted by molar-refractivity contribution is 5.64. The summed E-state index contributed by atoms with van der Waals surface area (Å²) < 4.78 is 4.78. The molecule has 0 unspecified atom stereocenters. The van der Waals surface area contributed by atoms with Crippen LogP contribution in [-0.4, -0.2) is 5.16 Å². The summed E-state index contributed by atoms with van der Waals surface area (Å²) in [6.07, 6.45) is 10.8. The van der Waals surface area contributed by atoms with E-state index in [4.69, 9.17) is 4.52 Å². The molecule has 2 nitrogen and oxygen atoms in total. The lowest BCUT2D eigenvalue weighted by Crippen LogP contribution is -1.89. The minimum Gasteiger partial charge on any atom is -0.364 e. The van der Waals surface area contributed by atoms with Crippen molar-refractivity contribution in [3.05, 3.63) is 24.1 Å². The van der Waals surface area contributed by atoms with Crippen molar-refractivity contribution in [3.63, 3.8) is 0 Å². The number of aromatic nitrogens is 1. The monoisotopic (exact) mass is 149 g/mol. The van der Waals surface area contributed by atoms with Crippen LogP contribution in [-0.2, 0) is 0 Å². The van der Waals surface area contributed by atoms with E-state index in [1.54, 1.807) is 12.5 Å². The van der Waals surface area contributed by atoms with Crippen molar-refractivity contribution in [2.75, 3.05) is 0 Å². The lowest BCUT2D eigenvalue weighted by Gasteiger charge is -2.09. The van der Waals surface area contributed by atoms with E-state index < -0.39 is 0 Å². The third-order valence-corrected chi connectivity index (χ3v) is 2.09. The normalized spacial score (nSPS) is 18.0. The zero-order chi connectivity index (χ0) is 7.52. The zero-order valence-corrected chi connectivity index (χ0v) is 6.42. The van der Waals surface area contributed by atoms with E-state index in [2.05, 4.69) is 11.2 Å². The first-order valence-corrected chi connectivity index (χ1v) is 4.05. The predicted molar refractivity (Wildman–Crippen MR) is 42.9 cm³/mol. The van der Waals surface area contributed by atoms with Crippen LogP contribution in [0.15, 0.2) is 23.1 Å². The van der Waals surface area contributed by atoms with Crippen LogP contribution in [0.5, 0.6) is 0 Å². The number of nitrogens with zero attached hydrogens (tertiary/aromatic N) is 1. The lowest BCUT2D eigenvalue weighted by molar-refractivity contribution is 0.419. The fraction of sp³-hybridized carbons (Fsp3) is 0.444.